The van der Waals surface area contributed by atoms with Gasteiger partial charge >= 0.3 is 5.97 Å². The minimum absolute atomic E-state index is 0.451. The van der Waals surface area contributed by atoms with Crippen LogP contribution < -0.4 is 11.1 Å². The monoisotopic (exact) mass is 296 g/mol. The van der Waals surface area contributed by atoms with E-state index in [0.717, 1.165) is 5.75 Å². The van der Waals surface area contributed by atoms with Crippen molar-refractivity contribution < 1.29 is 14.7 Å². The molecule has 1 rings (SSSR count). The van der Waals surface area contributed by atoms with Crippen molar-refractivity contribution in [1.29, 1.82) is 0 Å². The number of rotatable bonds is 7. The average molecular weight is 296 g/mol. The van der Waals surface area contributed by atoms with Crippen LogP contribution in [0.5, 0.6) is 0 Å². The summed E-state index contributed by atoms with van der Waals surface area (Å²) >= 11 is 1.59. The number of amides is 1. The molecule has 5 nitrogen and oxygen atoms in total. The SMILES string of the molecule is CSCC[C@@H](N)C(=O)NC(C)(C(=O)O)c1ccccc1. The maximum Gasteiger partial charge on any atom is 0.333 e. The minimum atomic E-state index is -1.48. The van der Waals surface area contributed by atoms with Crippen molar-refractivity contribution in [3.8, 4) is 0 Å². The van der Waals surface area contributed by atoms with Crippen molar-refractivity contribution in [2.24, 2.45) is 5.73 Å². The summed E-state index contributed by atoms with van der Waals surface area (Å²) in [7, 11) is 0. The molecule has 0 saturated carbocycles. The number of hydrogen-bond acceptors (Lipinski definition) is 4. The van der Waals surface area contributed by atoms with E-state index in [1.54, 1.807) is 42.1 Å². The molecule has 0 aliphatic carbocycles. The van der Waals surface area contributed by atoms with Gasteiger partial charge in [0.1, 0.15) is 0 Å². The van der Waals surface area contributed by atoms with Gasteiger partial charge in [-0.2, -0.15) is 11.8 Å². The molecule has 0 fully saturated rings. The van der Waals surface area contributed by atoms with Crippen molar-refractivity contribution >= 4 is 23.6 Å². The molecule has 2 atom stereocenters. The predicted molar refractivity (Wildman–Crippen MR) is 80.5 cm³/mol. The van der Waals surface area contributed by atoms with E-state index in [0.29, 0.717) is 12.0 Å². The highest BCUT2D eigenvalue weighted by atomic mass is 32.2. The summed E-state index contributed by atoms with van der Waals surface area (Å²) in [6.07, 6.45) is 2.44. The van der Waals surface area contributed by atoms with E-state index in [9.17, 15) is 14.7 Å². The summed E-state index contributed by atoms with van der Waals surface area (Å²) in [5.74, 6) is -0.814. The Hall–Kier alpha value is -1.53. The molecule has 6 heteroatoms. The number of hydrogen-bond donors (Lipinski definition) is 3. The zero-order valence-corrected chi connectivity index (χ0v) is 12.4. The van der Waals surface area contributed by atoms with Crippen molar-refractivity contribution in [2.45, 2.75) is 24.9 Å². The number of nitrogens with two attached hydrogens (primary N) is 1. The maximum absolute atomic E-state index is 12.0. The van der Waals surface area contributed by atoms with Gasteiger partial charge in [-0.05, 0) is 30.9 Å². The molecule has 0 aliphatic rings. The summed E-state index contributed by atoms with van der Waals surface area (Å²) in [6, 6.07) is 7.89. The quantitative estimate of drug-likeness (QED) is 0.702. The van der Waals surface area contributed by atoms with Gasteiger partial charge in [0, 0.05) is 0 Å². The first-order chi connectivity index (χ1) is 9.41. The molecule has 110 valence electrons. The van der Waals surface area contributed by atoms with Gasteiger partial charge in [0.2, 0.25) is 5.91 Å². The van der Waals surface area contributed by atoms with Crippen LogP contribution in [0.15, 0.2) is 30.3 Å². The summed E-state index contributed by atoms with van der Waals surface area (Å²) in [6.45, 7) is 1.46. The third-order valence-corrected chi connectivity index (χ3v) is 3.77. The second kappa shape index (κ2) is 7.31. The third kappa shape index (κ3) is 3.98. The van der Waals surface area contributed by atoms with Crippen LogP contribution in [-0.2, 0) is 15.1 Å². The van der Waals surface area contributed by atoms with Crippen molar-refractivity contribution in [1.82, 2.24) is 5.32 Å². The molecule has 20 heavy (non-hydrogen) atoms. The molecule has 0 bridgehead atoms. The van der Waals surface area contributed by atoms with Gasteiger partial charge < -0.3 is 16.2 Å². The molecule has 0 spiro atoms. The molecule has 1 amide bonds. The van der Waals surface area contributed by atoms with Crippen molar-refractivity contribution in [3.63, 3.8) is 0 Å². The number of nitrogens with one attached hydrogen (secondary N) is 1. The lowest BCUT2D eigenvalue weighted by Crippen LogP contribution is -2.54. The first-order valence-electron chi connectivity index (χ1n) is 6.27. The Balaban J connectivity index is 2.88. The number of carboxylic acids is 1. The second-order valence-electron chi connectivity index (χ2n) is 4.67. The van der Waals surface area contributed by atoms with Crippen LogP contribution in [0.1, 0.15) is 18.9 Å². The van der Waals surface area contributed by atoms with Gasteiger partial charge in [-0.1, -0.05) is 30.3 Å². The Morgan fingerprint density at radius 1 is 1.40 bits per heavy atom. The van der Waals surface area contributed by atoms with Crippen molar-refractivity contribution in [3.05, 3.63) is 35.9 Å². The minimum Gasteiger partial charge on any atom is -0.479 e. The van der Waals surface area contributed by atoms with E-state index in [1.165, 1.54) is 6.92 Å². The van der Waals surface area contributed by atoms with Gasteiger partial charge in [0.05, 0.1) is 6.04 Å². The molecule has 4 N–H and O–H groups in total. The third-order valence-electron chi connectivity index (χ3n) is 3.12. The molecule has 1 unspecified atom stereocenters. The fraction of sp³-hybridized carbons (Fsp3) is 0.429. The Morgan fingerprint density at radius 3 is 2.50 bits per heavy atom. The molecule has 0 aromatic heterocycles. The van der Waals surface area contributed by atoms with E-state index >= 15 is 0 Å². The normalized spacial score (nSPS) is 15.2. The van der Waals surface area contributed by atoms with Crippen LogP contribution in [0.4, 0.5) is 0 Å². The average Bonchev–Trinajstić information content (AvgIpc) is 2.45. The lowest BCUT2D eigenvalue weighted by Gasteiger charge is -2.28. The van der Waals surface area contributed by atoms with Crippen LogP contribution in [0, 0.1) is 0 Å². The molecule has 0 radical (unpaired) electrons. The van der Waals surface area contributed by atoms with E-state index in [4.69, 9.17) is 5.73 Å². The first kappa shape index (κ1) is 16.5. The Kier molecular flexibility index (Phi) is 6.04. The van der Waals surface area contributed by atoms with Crippen LogP contribution in [0.2, 0.25) is 0 Å². The lowest BCUT2D eigenvalue weighted by atomic mass is 9.91. The molecule has 1 aromatic rings. The van der Waals surface area contributed by atoms with Gasteiger partial charge in [-0.3, -0.25) is 4.79 Å². The van der Waals surface area contributed by atoms with Crippen LogP contribution in [0.25, 0.3) is 0 Å². The molecule has 1 aromatic carbocycles. The molecule has 0 heterocycles. The lowest BCUT2D eigenvalue weighted by molar-refractivity contribution is -0.147. The highest BCUT2D eigenvalue weighted by molar-refractivity contribution is 7.98. The Bertz CT molecular complexity index is 467. The Labute approximate surface area is 122 Å². The number of carbonyl (C=O) groups is 2. The highest BCUT2D eigenvalue weighted by Crippen LogP contribution is 2.21. The van der Waals surface area contributed by atoms with E-state index < -0.39 is 23.5 Å². The molecular formula is C14H20N2O3S. The van der Waals surface area contributed by atoms with Gasteiger partial charge in [0.15, 0.2) is 5.54 Å². The van der Waals surface area contributed by atoms with Crippen LogP contribution in [-0.4, -0.2) is 35.0 Å². The van der Waals surface area contributed by atoms with E-state index in [-0.39, 0.29) is 0 Å². The molecule has 0 aliphatic heterocycles. The van der Waals surface area contributed by atoms with E-state index in [1.807, 2.05) is 6.26 Å². The Morgan fingerprint density at radius 2 is 2.00 bits per heavy atom. The molecular weight excluding hydrogens is 276 g/mol. The van der Waals surface area contributed by atoms with E-state index in [2.05, 4.69) is 5.32 Å². The predicted octanol–water partition coefficient (Wildman–Crippen LogP) is 1.18. The number of carbonyl (C=O) groups excluding carboxylic acids is 1. The largest absolute Gasteiger partial charge is 0.479 e. The second-order valence-corrected chi connectivity index (χ2v) is 5.66. The summed E-state index contributed by atoms with van der Waals surface area (Å²) < 4.78 is 0. The number of aliphatic carboxylic acids is 1. The topological polar surface area (TPSA) is 92.4 Å². The zero-order chi connectivity index (χ0) is 15.2. The van der Waals surface area contributed by atoms with Gasteiger partial charge in [0.25, 0.3) is 0 Å². The zero-order valence-electron chi connectivity index (χ0n) is 11.6. The van der Waals surface area contributed by atoms with Crippen LogP contribution >= 0.6 is 11.8 Å². The summed E-state index contributed by atoms with van der Waals surface area (Å²) in [5, 5.41) is 12.0. The highest BCUT2D eigenvalue weighted by Gasteiger charge is 2.37. The number of thioether (sulfide) groups is 1. The standard InChI is InChI=1S/C14H20N2O3S/c1-14(13(18)19,10-6-4-3-5-7-10)16-12(17)11(15)8-9-20-2/h3-7,11H,8-9,15H2,1-2H3,(H,16,17)(H,18,19)/t11-,14?/m1/s1. The smallest absolute Gasteiger partial charge is 0.333 e. The summed E-state index contributed by atoms with van der Waals surface area (Å²) in [4.78, 5) is 23.6. The maximum atomic E-state index is 12.0. The molecule has 0 saturated heterocycles. The summed E-state index contributed by atoms with van der Waals surface area (Å²) in [5.41, 5.74) is 4.81. The number of carboxylic acid groups (broad SMARTS) is 1. The van der Waals surface area contributed by atoms with Crippen molar-refractivity contribution in [2.75, 3.05) is 12.0 Å². The van der Waals surface area contributed by atoms with Crippen LogP contribution in [0.3, 0.4) is 0 Å². The number of benzene rings is 1. The fourth-order valence-electron chi connectivity index (χ4n) is 1.74. The fourth-order valence-corrected chi connectivity index (χ4v) is 2.23. The van der Waals surface area contributed by atoms with Gasteiger partial charge in [-0.15, -0.1) is 0 Å². The first-order valence-corrected chi connectivity index (χ1v) is 7.66. The van der Waals surface area contributed by atoms with Gasteiger partial charge in [-0.25, -0.2) is 4.79 Å².